The minimum atomic E-state index is -1.07. The number of aliphatic carboxylic acids is 1. The molecular formula is C15H18N4O6. The predicted molar refractivity (Wildman–Crippen MR) is 83.0 cm³/mol. The number of nitrogens with zero attached hydrogens (tertiary/aromatic N) is 4. The first-order valence-electron chi connectivity index (χ1n) is 7.56. The highest BCUT2D eigenvalue weighted by Gasteiger charge is 2.39. The SMILES string of the molecule is CC(O/N=[N+](\[O-])N(C)CCCC(=O)O)N1C(=O)c2ccccc2C1=O. The number of hydrogen-bond acceptors (Lipinski definition) is 6. The maximum Gasteiger partial charge on any atom is 0.303 e. The molecule has 0 fully saturated rings. The molecule has 1 aliphatic heterocycles. The maximum atomic E-state index is 12.3. The largest absolute Gasteiger partial charge is 0.569 e. The van der Waals surface area contributed by atoms with Gasteiger partial charge in [0, 0.05) is 6.42 Å². The summed E-state index contributed by atoms with van der Waals surface area (Å²) in [5.74, 6) is -2.00. The van der Waals surface area contributed by atoms with Crippen molar-refractivity contribution in [2.75, 3.05) is 13.6 Å². The summed E-state index contributed by atoms with van der Waals surface area (Å²) in [7, 11) is 1.41. The minimum absolute atomic E-state index is 0.0789. The highest BCUT2D eigenvalue weighted by atomic mass is 16.7. The number of carboxylic acids is 1. The van der Waals surface area contributed by atoms with Crippen LogP contribution in [0.4, 0.5) is 0 Å². The van der Waals surface area contributed by atoms with Gasteiger partial charge in [-0.25, -0.2) is 4.90 Å². The number of benzene rings is 1. The van der Waals surface area contributed by atoms with Gasteiger partial charge in [0.1, 0.15) is 0 Å². The molecule has 2 amide bonds. The van der Waals surface area contributed by atoms with Gasteiger partial charge in [-0.05, 0) is 25.5 Å². The molecule has 1 N–H and O–H groups in total. The summed E-state index contributed by atoms with van der Waals surface area (Å²) < 4.78 is 0. The molecule has 10 nitrogen and oxygen atoms in total. The maximum absolute atomic E-state index is 12.3. The number of amides is 2. The lowest BCUT2D eigenvalue weighted by Gasteiger charge is -2.19. The number of hydrazine groups is 1. The zero-order chi connectivity index (χ0) is 18.6. The Morgan fingerprint density at radius 1 is 1.36 bits per heavy atom. The van der Waals surface area contributed by atoms with E-state index in [4.69, 9.17) is 9.94 Å². The van der Waals surface area contributed by atoms with Gasteiger partial charge in [-0.1, -0.05) is 12.1 Å². The van der Waals surface area contributed by atoms with E-state index in [2.05, 4.69) is 5.28 Å². The molecule has 1 aromatic rings. The lowest BCUT2D eigenvalue weighted by molar-refractivity contribution is -0.707. The van der Waals surface area contributed by atoms with Crippen molar-refractivity contribution in [3.05, 3.63) is 40.6 Å². The number of carboxylic acid groups (broad SMARTS) is 1. The number of hydrogen-bond donors (Lipinski definition) is 1. The molecule has 0 aromatic heterocycles. The minimum Gasteiger partial charge on any atom is -0.569 e. The summed E-state index contributed by atoms with van der Waals surface area (Å²) in [6, 6.07) is 6.37. The summed E-state index contributed by atoms with van der Waals surface area (Å²) in [5, 5.41) is 24.7. The molecule has 1 unspecified atom stereocenters. The van der Waals surface area contributed by atoms with E-state index >= 15 is 0 Å². The number of rotatable bonds is 8. The Labute approximate surface area is 143 Å². The van der Waals surface area contributed by atoms with E-state index in [9.17, 15) is 19.6 Å². The van der Waals surface area contributed by atoms with Gasteiger partial charge in [-0.15, -0.1) is 5.01 Å². The quantitative estimate of drug-likeness (QED) is 0.323. The molecule has 0 radical (unpaired) electrons. The van der Waals surface area contributed by atoms with Crippen molar-refractivity contribution >= 4 is 17.8 Å². The van der Waals surface area contributed by atoms with E-state index in [1.54, 1.807) is 12.1 Å². The van der Waals surface area contributed by atoms with Gasteiger partial charge in [0.25, 0.3) is 11.8 Å². The first kappa shape index (κ1) is 18.2. The monoisotopic (exact) mass is 350 g/mol. The van der Waals surface area contributed by atoms with E-state index in [1.807, 2.05) is 0 Å². The highest BCUT2D eigenvalue weighted by Crippen LogP contribution is 2.24. The number of fused-ring (bicyclic) bond motifs is 1. The summed E-state index contributed by atoms with van der Waals surface area (Å²) in [6.45, 7) is 1.58. The van der Waals surface area contributed by atoms with Crippen LogP contribution in [0, 0.1) is 5.21 Å². The molecule has 0 aliphatic carbocycles. The topological polar surface area (TPSA) is 126 Å². The Morgan fingerprint density at radius 3 is 2.44 bits per heavy atom. The zero-order valence-electron chi connectivity index (χ0n) is 13.8. The molecule has 0 saturated carbocycles. The van der Waals surface area contributed by atoms with Gasteiger partial charge in [-0.2, -0.15) is 0 Å². The van der Waals surface area contributed by atoms with Crippen LogP contribution in [0.2, 0.25) is 0 Å². The van der Waals surface area contributed by atoms with Crippen LogP contribution in [0.5, 0.6) is 0 Å². The highest BCUT2D eigenvalue weighted by molar-refractivity contribution is 6.21. The van der Waals surface area contributed by atoms with Crippen molar-refractivity contribution in [3.8, 4) is 0 Å². The lowest BCUT2D eigenvalue weighted by atomic mass is 10.1. The number of carbonyl (C=O) groups excluding carboxylic acids is 2. The van der Waals surface area contributed by atoms with Crippen LogP contribution >= 0.6 is 0 Å². The fourth-order valence-electron chi connectivity index (χ4n) is 2.30. The molecule has 0 bridgehead atoms. The third-order valence-corrected chi connectivity index (χ3v) is 3.62. The van der Waals surface area contributed by atoms with E-state index in [0.717, 1.165) is 9.91 Å². The van der Waals surface area contributed by atoms with Crippen molar-refractivity contribution in [2.45, 2.75) is 26.0 Å². The van der Waals surface area contributed by atoms with E-state index in [1.165, 1.54) is 26.1 Å². The van der Waals surface area contributed by atoms with Crippen molar-refractivity contribution in [1.82, 2.24) is 9.91 Å². The Kier molecular flexibility index (Phi) is 5.52. The van der Waals surface area contributed by atoms with Crippen molar-refractivity contribution in [1.29, 1.82) is 0 Å². The summed E-state index contributed by atoms with van der Waals surface area (Å²) in [4.78, 5) is 40.9. The number of imide groups is 1. The van der Waals surface area contributed by atoms with E-state index < -0.39 is 24.0 Å². The summed E-state index contributed by atoms with van der Waals surface area (Å²) in [6.07, 6.45) is -0.894. The van der Waals surface area contributed by atoms with Crippen LogP contribution in [0.3, 0.4) is 0 Å². The second kappa shape index (κ2) is 7.60. The molecular weight excluding hydrogens is 332 g/mol. The molecule has 25 heavy (non-hydrogen) atoms. The number of carbonyl (C=O) groups is 3. The van der Waals surface area contributed by atoms with Crippen molar-refractivity contribution in [3.63, 3.8) is 0 Å². The average molecular weight is 350 g/mol. The fraction of sp³-hybridized carbons (Fsp3) is 0.400. The van der Waals surface area contributed by atoms with E-state index in [-0.39, 0.29) is 35.5 Å². The molecule has 0 saturated heterocycles. The Morgan fingerprint density at radius 2 is 1.92 bits per heavy atom. The van der Waals surface area contributed by atoms with Crippen LogP contribution in [0.15, 0.2) is 29.5 Å². The standard InChI is InChI=1S/C15H18N4O6/c1-10(25-16-19(24)17(2)9-5-8-13(20)21)18-14(22)11-6-3-4-7-12(11)15(18)23/h3-4,6-7,10H,5,8-9H2,1-2H3,(H,20,21)/b19-16-. The van der Waals surface area contributed by atoms with Gasteiger partial charge in [-0.3, -0.25) is 14.4 Å². The molecule has 2 rings (SSSR count). The van der Waals surface area contributed by atoms with Crippen LogP contribution in [0.1, 0.15) is 40.5 Å². The van der Waals surface area contributed by atoms with Gasteiger partial charge in [0.15, 0.2) is 0 Å². The average Bonchev–Trinajstić information content (AvgIpc) is 2.83. The molecule has 1 aliphatic rings. The second-order valence-corrected chi connectivity index (χ2v) is 5.44. The second-order valence-electron chi connectivity index (χ2n) is 5.44. The Balaban J connectivity index is 1.96. The van der Waals surface area contributed by atoms with Crippen molar-refractivity contribution in [2.24, 2.45) is 5.28 Å². The molecule has 1 aromatic carbocycles. The third kappa shape index (κ3) is 4.03. The van der Waals surface area contributed by atoms with Crippen LogP contribution in [-0.4, -0.2) is 57.6 Å². The van der Waals surface area contributed by atoms with Gasteiger partial charge < -0.3 is 15.2 Å². The molecule has 0 spiro atoms. The van der Waals surface area contributed by atoms with Crippen molar-refractivity contribution < 1.29 is 29.3 Å². The van der Waals surface area contributed by atoms with Crippen LogP contribution in [-0.2, 0) is 9.63 Å². The third-order valence-electron chi connectivity index (χ3n) is 3.62. The van der Waals surface area contributed by atoms with Crippen LogP contribution in [0.25, 0.3) is 0 Å². The fourth-order valence-corrected chi connectivity index (χ4v) is 2.30. The van der Waals surface area contributed by atoms with Crippen LogP contribution < -0.4 is 0 Å². The Bertz CT molecular complexity index is 685. The normalized spacial score (nSPS) is 15.1. The summed E-state index contributed by atoms with van der Waals surface area (Å²) in [5.41, 5.74) is 0.542. The predicted octanol–water partition coefficient (Wildman–Crippen LogP) is 1.23. The van der Waals surface area contributed by atoms with Gasteiger partial charge >= 0.3 is 5.97 Å². The molecule has 1 heterocycles. The molecule has 10 heteroatoms. The Hall–Kier alpha value is -3.17. The smallest absolute Gasteiger partial charge is 0.303 e. The first-order valence-corrected chi connectivity index (χ1v) is 7.56. The molecule has 134 valence electrons. The van der Waals surface area contributed by atoms with Gasteiger partial charge in [0.05, 0.1) is 29.7 Å². The lowest BCUT2D eigenvalue weighted by Crippen LogP contribution is -2.39. The summed E-state index contributed by atoms with van der Waals surface area (Å²) >= 11 is 0. The first-order chi connectivity index (χ1) is 11.8. The van der Waals surface area contributed by atoms with Gasteiger partial charge in [0.2, 0.25) is 11.5 Å². The zero-order valence-corrected chi connectivity index (χ0v) is 13.8. The molecule has 1 atom stereocenters. The van der Waals surface area contributed by atoms with E-state index in [0.29, 0.717) is 0 Å².